The third-order valence-corrected chi connectivity index (χ3v) is 10.1. The predicted molar refractivity (Wildman–Crippen MR) is 220 cm³/mol. The molecule has 0 saturated carbocycles. The van der Waals surface area contributed by atoms with Crippen molar-refractivity contribution in [3.05, 3.63) is 179 Å². The molecule has 6 aromatic rings. The molecule has 1 unspecified atom stereocenters. The predicted octanol–water partition coefficient (Wildman–Crippen LogP) is 8.71. The lowest BCUT2D eigenvalue weighted by molar-refractivity contribution is -0.142. The highest BCUT2D eigenvalue weighted by atomic mass is 32.2. The standard InChI is InChI=1S/C44H38N4O6S2/c1-2-53-39(49)27-35-29-55-44(46-35)48-43(52)40(32-15-8-4-9-16-32)56-37-20-12-19-34(26-37)45-42(51)38(47-41(50)33-17-10-5-11-18-33)25-30-21-23-36(24-22-30)54-28-31-13-6-3-7-14-31/h3-26,29,40H,2,27-28H2,1H3,(H,45,51)(H,47,50)(H,46,48,52)/b38-25-. The van der Waals surface area contributed by atoms with Gasteiger partial charge in [-0.25, -0.2) is 4.98 Å². The van der Waals surface area contributed by atoms with Gasteiger partial charge in [0.2, 0.25) is 5.91 Å². The summed E-state index contributed by atoms with van der Waals surface area (Å²) in [5.74, 6) is -1.02. The number of aromatic nitrogens is 1. The zero-order valence-corrected chi connectivity index (χ0v) is 32.0. The van der Waals surface area contributed by atoms with Gasteiger partial charge in [-0.05, 0) is 72.2 Å². The summed E-state index contributed by atoms with van der Waals surface area (Å²) in [6.45, 7) is 2.43. The van der Waals surface area contributed by atoms with Crippen LogP contribution >= 0.6 is 23.1 Å². The fourth-order valence-electron chi connectivity index (χ4n) is 5.37. The first-order valence-electron chi connectivity index (χ1n) is 17.7. The minimum absolute atomic E-state index is 0.0128. The van der Waals surface area contributed by atoms with E-state index in [0.717, 1.165) is 11.1 Å². The number of thiazole rings is 1. The number of carbonyl (C=O) groups is 4. The Morgan fingerprint density at radius 1 is 0.804 bits per heavy atom. The van der Waals surface area contributed by atoms with Gasteiger partial charge in [0, 0.05) is 21.5 Å². The largest absolute Gasteiger partial charge is 0.489 e. The number of nitrogens with one attached hydrogen (secondary N) is 3. The van der Waals surface area contributed by atoms with Gasteiger partial charge in [0.15, 0.2) is 5.13 Å². The lowest BCUT2D eigenvalue weighted by Gasteiger charge is -2.17. The second kappa shape index (κ2) is 19.7. The van der Waals surface area contributed by atoms with E-state index in [1.165, 1.54) is 23.1 Å². The van der Waals surface area contributed by atoms with Crippen LogP contribution in [-0.2, 0) is 32.1 Å². The fraction of sp³-hybridized carbons (Fsp3) is 0.114. The average Bonchev–Trinajstić information content (AvgIpc) is 3.66. The minimum Gasteiger partial charge on any atom is -0.489 e. The Morgan fingerprint density at radius 2 is 1.50 bits per heavy atom. The molecule has 0 bridgehead atoms. The van der Waals surface area contributed by atoms with Crippen LogP contribution in [0.1, 0.15) is 44.9 Å². The molecule has 0 fully saturated rings. The summed E-state index contributed by atoms with van der Waals surface area (Å²) in [6.07, 6.45) is 1.61. The molecule has 0 spiro atoms. The Morgan fingerprint density at radius 3 is 2.21 bits per heavy atom. The SMILES string of the molecule is CCOC(=O)Cc1csc(NC(=O)C(Sc2cccc(NC(=O)/C(=C/c3ccc(OCc4ccccc4)cc3)NC(=O)c3ccccc3)c2)c2ccccc2)n1. The van der Waals surface area contributed by atoms with Gasteiger partial charge in [0.05, 0.1) is 18.7 Å². The van der Waals surface area contributed by atoms with Crippen molar-refractivity contribution in [2.45, 2.75) is 30.1 Å². The smallest absolute Gasteiger partial charge is 0.311 e. The van der Waals surface area contributed by atoms with Gasteiger partial charge >= 0.3 is 5.97 Å². The van der Waals surface area contributed by atoms with Crippen LogP contribution in [0.15, 0.2) is 155 Å². The van der Waals surface area contributed by atoms with Gasteiger partial charge in [-0.15, -0.1) is 23.1 Å². The van der Waals surface area contributed by atoms with Crippen molar-refractivity contribution < 1.29 is 28.7 Å². The van der Waals surface area contributed by atoms with Crippen LogP contribution in [0, 0.1) is 0 Å². The molecule has 1 heterocycles. The van der Waals surface area contributed by atoms with Crippen LogP contribution in [-0.4, -0.2) is 35.3 Å². The van der Waals surface area contributed by atoms with Crippen LogP contribution < -0.4 is 20.7 Å². The summed E-state index contributed by atoms with van der Waals surface area (Å²) in [5.41, 5.74) is 3.87. The zero-order chi connectivity index (χ0) is 39.1. The van der Waals surface area contributed by atoms with E-state index in [1.54, 1.807) is 85.1 Å². The number of hydrogen-bond acceptors (Lipinski definition) is 9. The summed E-state index contributed by atoms with van der Waals surface area (Å²) in [4.78, 5) is 57.9. The first kappa shape index (κ1) is 39.2. The first-order valence-corrected chi connectivity index (χ1v) is 19.5. The Labute approximate surface area is 333 Å². The van der Waals surface area contributed by atoms with Crippen molar-refractivity contribution in [2.24, 2.45) is 0 Å². The molecular weight excluding hydrogens is 745 g/mol. The van der Waals surface area contributed by atoms with Crippen molar-refractivity contribution in [3.8, 4) is 5.75 Å². The summed E-state index contributed by atoms with van der Waals surface area (Å²) in [5, 5.41) is 9.98. The van der Waals surface area contributed by atoms with Crippen LogP contribution in [0.2, 0.25) is 0 Å². The van der Waals surface area contributed by atoms with Crippen molar-refractivity contribution >= 4 is 63.7 Å². The Kier molecular flexibility index (Phi) is 13.8. The summed E-state index contributed by atoms with van der Waals surface area (Å²) in [6, 6.07) is 42.1. The number of esters is 1. The third kappa shape index (κ3) is 11.5. The lowest BCUT2D eigenvalue weighted by atomic mass is 10.1. The summed E-state index contributed by atoms with van der Waals surface area (Å²) in [7, 11) is 0. The number of anilines is 2. The number of ether oxygens (including phenoxy) is 2. The van der Waals surface area contributed by atoms with Gasteiger partial charge in [-0.1, -0.05) is 97.1 Å². The number of carbonyl (C=O) groups excluding carboxylic acids is 4. The van der Waals surface area contributed by atoms with Gasteiger partial charge < -0.3 is 25.4 Å². The normalized spacial score (nSPS) is 11.6. The van der Waals surface area contributed by atoms with Crippen LogP contribution in [0.25, 0.3) is 6.08 Å². The van der Waals surface area contributed by atoms with E-state index >= 15 is 0 Å². The molecule has 0 radical (unpaired) electrons. The topological polar surface area (TPSA) is 136 Å². The van der Waals surface area contributed by atoms with Crippen LogP contribution in [0.4, 0.5) is 10.8 Å². The maximum Gasteiger partial charge on any atom is 0.311 e. The Balaban J connectivity index is 1.18. The van der Waals surface area contributed by atoms with Gasteiger partial charge in [0.1, 0.15) is 23.3 Å². The molecule has 0 aliphatic heterocycles. The number of nitrogens with zero attached hydrogens (tertiary/aromatic N) is 1. The van der Waals surface area contributed by atoms with Crippen molar-refractivity contribution in [2.75, 3.05) is 17.2 Å². The van der Waals surface area contributed by atoms with Gasteiger partial charge in [-0.2, -0.15) is 0 Å². The van der Waals surface area contributed by atoms with Crippen molar-refractivity contribution in [1.29, 1.82) is 0 Å². The number of thioether (sulfide) groups is 1. The van der Waals surface area contributed by atoms with Crippen LogP contribution in [0.5, 0.6) is 5.75 Å². The monoisotopic (exact) mass is 782 g/mol. The second-order valence-corrected chi connectivity index (χ2v) is 14.3. The highest BCUT2D eigenvalue weighted by Gasteiger charge is 2.24. The average molecular weight is 783 g/mol. The number of hydrogen-bond donors (Lipinski definition) is 3. The number of rotatable bonds is 16. The van der Waals surface area contributed by atoms with Gasteiger partial charge in [-0.3, -0.25) is 19.2 Å². The fourth-order valence-corrected chi connectivity index (χ4v) is 7.17. The molecule has 5 aromatic carbocycles. The highest BCUT2D eigenvalue weighted by molar-refractivity contribution is 8.00. The molecule has 56 heavy (non-hydrogen) atoms. The van der Waals surface area contributed by atoms with Crippen molar-refractivity contribution in [3.63, 3.8) is 0 Å². The third-order valence-electron chi connectivity index (χ3n) is 8.07. The van der Waals surface area contributed by atoms with E-state index in [-0.39, 0.29) is 30.6 Å². The van der Waals surface area contributed by atoms with E-state index in [4.69, 9.17) is 9.47 Å². The molecule has 6 rings (SSSR count). The maximum absolute atomic E-state index is 13.9. The molecule has 3 N–H and O–H groups in total. The minimum atomic E-state index is -0.681. The molecule has 0 aliphatic rings. The molecule has 0 aliphatic carbocycles. The summed E-state index contributed by atoms with van der Waals surface area (Å²) < 4.78 is 10.9. The molecule has 3 amide bonds. The Bertz CT molecular complexity index is 2280. The quantitative estimate of drug-likeness (QED) is 0.0504. The van der Waals surface area contributed by atoms with E-state index in [1.807, 2.05) is 72.8 Å². The Hall–Kier alpha value is -6.50. The first-order chi connectivity index (χ1) is 27.3. The second-order valence-electron chi connectivity index (χ2n) is 12.2. The van der Waals surface area contributed by atoms with E-state index in [2.05, 4.69) is 20.9 Å². The van der Waals surface area contributed by atoms with Gasteiger partial charge in [0.25, 0.3) is 11.8 Å². The molecule has 0 saturated heterocycles. The summed E-state index contributed by atoms with van der Waals surface area (Å²) >= 11 is 2.53. The maximum atomic E-state index is 13.9. The van der Waals surface area contributed by atoms with Crippen molar-refractivity contribution in [1.82, 2.24) is 10.3 Å². The van der Waals surface area contributed by atoms with E-state index in [9.17, 15) is 19.2 Å². The molecule has 10 nitrogen and oxygen atoms in total. The van der Waals surface area contributed by atoms with E-state index in [0.29, 0.717) is 44.9 Å². The molecule has 1 aromatic heterocycles. The lowest BCUT2D eigenvalue weighted by Crippen LogP contribution is -2.30. The van der Waals surface area contributed by atoms with Crippen LogP contribution in [0.3, 0.4) is 0 Å². The number of benzene rings is 5. The molecule has 1 atom stereocenters. The highest BCUT2D eigenvalue weighted by Crippen LogP contribution is 2.37. The zero-order valence-electron chi connectivity index (χ0n) is 30.3. The molecule has 282 valence electrons. The molecular formula is C44H38N4O6S2. The molecule has 12 heteroatoms. The van der Waals surface area contributed by atoms with E-state index < -0.39 is 17.1 Å². The number of amides is 3.